The fraction of sp³-hybridized carbons (Fsp3) is 0.267. The zero-order chi connectivity index (χ0) is 18.0. The van der Waals surface area contributed by atoms with Crippen molar-refractivity contribution < 1.29 is 14.3 Å². The van der Waals surface area contributed by atoms with E-state index in [4.69, 9.17) is 10.5 Å². The minimum atomic E-state index is -0.678. The van der Waals surface area contributed by atoms with Crippen molar-refractivity contribution in [1.82, 2.24) is 29.7 Å². The van der Waals surface area contributed by atoms with E-state index in [-0.39, 0.29) is 29.4 Å². The van der Waals surface area contributed by atoms with Crippen molar-refractivity contribution in [3.8, 4) is 0 Å². The maximum Gasteiger partial charge on any atom is 0.270 e. The number of hydrogen-bond donors (Lipinski definition) is 2. The quantitative estimate of drug-likeness (QED) is 0.628. The summed E-state index contributed by atoms with van der Waals surface area (Å²) in [5.41, 5.74) is 7.20. The average Bonchev–Trinajstić information content (AvgIpc) is 3.15. The summed E-state index contributed by atoms with van der Waals surface area (Å²) in [5.74, 6) is -1.04. The number of aromatic nitrogens is 5. The second-order valence-electron chi connectivity index (χ2n) is 5.39. The Morgan fingerprint density at radius 2 is 2.20 bits per heavy atom. The summed E-state index contributed by atoms with van der Waals surface area (Å²) in [6, 6.07) is 1.51. The molecule has 3 N–H and O–H groups in total. The number of rotatable bonds is 6. The van der Waals surface area contributed by atoms with E-state index in [9.17, 15) is 9.59 Å². The number of amides is 2. The summed E-state index contributed by atoms with van der Waals surface area (Å²) in [7, 11) is 3.27. The van der Waals surface area contributed by atoms with Crippen molar-refractivity contribution in [1.29, 1.82) is 0 Å². The van der Waals surface area contributed by atoms with Gasteiger partial charge in [-0.25, -0.2) is 9.50 Å². The zero-order valence-electron chi connectivity index (χ0n) is 13.8. The Kier molecular flexibility index (Phi) is 4.44. The molecule has 3 aromatic rings. The monoisotopic (exact) mass is 343 g/mol. The molecule has 0 atom stereocenters. The molecule has 3 aromatic heterocycles. The molecule has 130 valence electrons. The van der Waals surface area contributed by atoms with Gasteiger partial charge in [-0.2, -0.15) is 10.2 Å². The molecule has 0 unspecified atom stereocenters. The van der Waals surface area contributed by atoms with Gasteiger partial charge in [0.1, 0.15) is 17.0 Å². The third kappa shape index (κ3) is 3.19. The van der Waals surface area contributed by atoms with Gasteiger partial charge >= 0.3 is 0 Å². The van der Waals surface area contributed by atoms with Gasteiger partial charge in [0, 0.05) is 38.7 Å². The Labute approximate surface area is 142 Å². The van der Waals surface area contributed by atoms with E-state index in [1.807, 2.05) is 0 Å². The van der Waals surface area contributed by atoms with Crippen LogP contribution >= 0.6 is 0 Å². The lowest BCUT2D eigenvalue weighted by Gasteiger charge is -2.05. The fourth-order valence-corrected chi connectivity index (χ4v) is 2.49. The van der Waals surface area contributed by atoms with Crippen molar-refractivity contribution in [2.45, 2.75) is 13.2 Å². The maximum atomic E-state index is 12.5. The summed E-state index contributed by atoms with van der Waals surface area (Å²) in [6.07, 6.45) is 4.90. The fourth-order valence-electron chi connectivity index (χ4n) is 2.49. The number of fused-ring (bicyclic) bond motifs is 1. The molecule has 0 aliphatic rings. The Bertz CT molecular complexity index is 944. The minimum Gasteiger partial charge on any atom is -0.378 e. The van der Waals surface area contributed by atoms with E-state index < -0.39 is 5.91 Å². The molecule has 0 aliphatic heterocycles. The van der Waals surface area contributed by atoms with Crippen LogP contribution in [0.25, 0.3) is 5.65 Å². The summed E-state index contributed by atoms with van der Waals surface area (Å²) in [5, 5.41) is 11.1. The first kappa shape index (κ1) is 16.6. The first-order valence-electron chi connectivity index (χ1n) is 7.42. The normalized spacial score (nSPS) is 11.0. The summed E-state index contributed by atoms with van der Waals surface area (Å²) in [6.45, 7) is 0.393. The molecular weight excluding hydrogens is 326 g/mol. The van der Waals surface area contributed by atoms with Gasteiger partial charge in [-0.15, -0.1) is 0 Å². The molecule has 3 heterocycles. The van der Waals surface area contributed by atoms with Crippen molar-refractivity contribution in [3.05, 3.63) is 47.2 Å². The Balaban J connectivity index is 1.94. The van der Waals surface area contributed by atoms with Crippen LogP contribution in [0, 0.1) is 0 Å². The molecule has 0 fully saturated rings. The molecule has 0 aromatic carbocycles. The summed E-state index contributed by atoms with van der Waals surface area (Å²) < 4.78 is 7.98. The van der Waals surface area contributed by atoms with E-state index in [1.165, 1.54) is 23.9 Å². The number of nitrogens with one attached hydrogen (secondary N) is 1. The van der Waals surface area contributed by atoms with Crippen LogP contribution in [0.2, 0.25) is 0 Å². The SMILES string of the molecule is COCc1nn2c(C(=O)NCc3cnn(C)c3)ccnc2c1C(N)=O. The number of hydrogen-bond acceptors (Lipinski definition) is 6. The number of primary amides is 1. The van der Waals surface area contributed by atoms with Crippen LogP contribution in [0.1, 0.15) is 32.1 Å². The van der Waals surface area contributed by atoms with Gasteiger partial charge in [-0.1, -0.05) is 0 Å². The lowest BCUT2D eigenvalue weighted by atomic mass is 10.2. The van der Waals surface area contributed by atoms with Crippen LogP contribution in [0.15, 0.2) is 24.7 Å². The highest BCUT2D eigenvalue weighted by Gasteiger charge is 2.22. The van der Waals surface area contributed by atoms with E-state index in [2.05, 4.69) is 20.5 Å². The van der Waals surface area contributed by atoms with E-state index >= 15 is 0 Å². The molecule has 0 saturated carbocycles. The average molecular weight is 343 g/mol. The standard InChI is InChI=1S/C15H17N7O3/c1-21-7-9(6-19-21)5-18-15(24)11-3-4-17-14-12(13(16)23)10(8-25-2)20-22(11)14/h3-4,6-7H,5,8H2,1-2H3,(H2,16,23)(H,18,24). The van der Waals surface area contributed by atoms with Crippen LogP contribution in [-0.4, -0.2) is 43.3 Å². The van der Waals surface area contributed by atoms with Gasteiger partial charge in [0.25, 0.3) is 11.8 Å². The highest BCUT2D eigenvalue weighted by molar-refractivity contribution is 6.01. The number of methoxy groups -OCH3 is 1. The Morgan fingerprint density at radius 1 is 1.40 bits per heavy atom. The second kappa shape index (κ2) is 6.69. The second-order valence-corrected chi connectivity index (χ2v) is 5.39. The highest BCUT2D eigenvalue weighted by Crippen LogP contribution is 2.16. The molecule has 3 rings (SSSR count). The third-order valence-corrected chi connectivity index (χ3v) is 3.56. The van der Waals surface area contributed by atoms with Crippen molar-refractivity contribution in [3.63, 3.8) is 0 Å². The Morgan fingerprint density at radius 3 is 2.84 bits per heavy atom. The molecule has 0 radical (unpaired) electrons. The van der Waals surface area contributed by atoms with Gasteiger partial charge in [-0.05, 0) is 6.07 Å². The topological polar surface area (TPSA) is 129 Å². The molecule has 0 aliphatic carbocycles. The molecule has 0 spiro atoms. The molecule has 0 saturated heterocycles. The summed E-state index contributed by atoms with van der Waals surface area (Å²) >= 11 is 0. The molecule has 25 heavy (non-hydrogen) atoms. The largest absolute Gasteiger partial charge is 0.378 e. The van der Waals surface area contributed by atoms with Crippen molar-refractivity contribution in [2.75, 3.05) is 7.11 Å². The first-order chi connectivity index (χ1) is 12.0. The van der Waals surface area contributed by atoms with Gasteiger partial charge in [0.15, 0.2) is 5.65 Å². The highest BCUT2D eigenvalue weighted by atomic mass is 16.5. The van der Waals surface area contributed by atoms with Crippen molar-refractivity contribution in [2.24, 2.45) is 12.8 Å². The van der Waals surface area contributed by atoms with Crippen LogP contribution < -0.4 is 11.1 Å². The van der Waals surface area contributed by atoms with Crippen LogP contribution in [0.4, 0.5) is 0 Å². The number of carbonyl (C=O) groups excluding carboxylic acids is 2. The van der Waals surface area contributed by atoms with E-state index in [0.717, 1.165) is 5.56 Å². The maximum absolute atomic E-state index is 12.5. The van der Waals surface area contributed by atoms with Crippen molar-refractivity contribution >= 4 is 17.5 Å². The lowest BCUT2D eigenvalue weighted by Crippen LogP contribution is -2.25. The predicted molar refractivity (Wildman–Crippen MR) is 86.6 cm³/mol. The number of carbonyl (C=O) groups is 2. The summed E-state index contributed by atoms with van der Waals surface area (Å²) in [4.78, 5) is 28.4. The van der Waals surface area contributed by atoms with Crippen LogP contribution in [-0.2, 0) is 24.9 Å². The van der Waals surface area contributed by atoms with Gasteiger partial charge in [0.2, 0.25) is 0 Å². The molecular formula is C15H17N7O3. The Hall–Kier alpha value is -3.27. The predicted octanol–water partition coefficient (Wildman–Crippen LogP) is -0.362. The van der Waals surface area contributed by atoms with Crippen LogP contribution in [0.3, 0.4) is 0 Å². The number of aryl methyl sites for hydroxylation is 1. The smallest absolute Gasteiger partial charge is 0.270 e. The molecule has 10 heteroatoms. The third-order valence-electron chi connectivity index (χ3n) is 3.56. The zero-order valence-corrected chi connectivity index (χ0v) is 13.8. The minimum absolute atomic E-state index is 0.0817. The molecule has 2 amide bonds. The lowest BCUT2D eigenvalue weighted by molar-refractivity contribution is 0.0941. The van der Waals surface area contributed by atoms with Gasteiger partial charge in [-0.3, -0.25) is 14.3 Å². The van der Waals surface area contributed by atoms with E-state index in [1.54, 1.807) is 24.1 Å². The molecule has 10 nitrogen and oxygen atoms in total. The van der Waals surface area contributed by atoms with Crippen LogP contribution in [0.5, 0.6) is 0 Å². The van der Waals surface area contributed by atoms with Gasteiger partial charge in [0.05, 0.1) is 12.8 Å². The number of nitrogens with zero attached hydrogens (tertiary/aromatic N) is 5. The van der Waals surface area contributed by atoms with E-state index in [0.29, 0.717) is 12.2 Å². The number of nitrogens with two attached hydrogens (primary N) is 1. The molecule has 0 bridgehead atoms. The number of ether oxygens (including phenoxy) is 1. The first-order valence-corrected chi connectivity index (χ1v) is 7.42. The van der Waals surface area contributed by atoms with Gasteiger partial charge < -0.3 is 15.8 Å².